The second-order valence-corrected chi connectivity index (χ2v) is 5.24. The zero-order valence-electron chi connectivity index (χ0n) is 12.2. The second-order valence-electron chi connectivity index (χ2n) is 5.24. The zero-order valence-corrected chi connectivity index (χ0v) is 12.2. The topological polar surface area (TPSA) is 55.1 Å². The molecule has 2 rings (SSSR count). The van der Waals surface area contributed by atoms with Crippen LogP contribution in [0.25, 0.3) is 0 Å². The van der Waals surface area contributed by atoms with Crippen molar-refractivity contribution in [1.82, 2.24) is 0 Å². The Morgan fingerprint density at radius 2 is 1.86 bits per heavy atom. The third kappa shape index (κ3) is 3.67. The van der Waals surface area contributed by atoms with Crippen LogP contribution in [-0.4, -0.2) is 5.91 Å². The van der Waals surface area contributed by atoms with Gasteiger partial charge in [-0.05, 0) is 41.8 Å². The predicted molar refractivity (Wildman–Crippen MR) is 82.8 cm³/mol. The molecular weight excluding hydrogens is 267 g/mol. The maximum absolute atomic E-state index is 13.4. The number of nitrogens with two attached hydrogens (primary N) is 1. The van der Waals surface area contributed by atoms with Gasteiger partial charge in [0.2, 0.25) is 0 Å². The molecular formula is C17H19FN2O. The summed E-state index contributed by atoms with van der Waals surface area (Å²) in [4.78, 5) is 12.1. The average molecular weight is 286 g/mol. The summed E-state index contributed by atoms with van der Waals surface area (Å²) < 4.78 is 13.4. The first-order chi connectivity index (χ1) is 10.0. The molecule has 0 atom stereocenters. The lowest BCUT2D eigenvalue weighted by Gasteiger charge is -2.09. The highest BCUT2D eigenvalue weighted by Gasteiger charge is 2.08. The molecule has 0 spiro atoms. The molecule has 3 nitrogen and oxygen atoms in total. The summed E-state index contributed by atoms with van der Waals surface area (Å²) in [5.41, 5.74) is 8.12. The van der Waals surface area contributed by atoms with Gasteiger partial charge in [0.05, 0.1) is 0 Å². The number of benzene rings is 2. The maximum atomic E-state index is 13.4. The van der Waals surface area contributed by atoms with Crippen molar-refractivity contribution in [3.8, 4) is 0 Å². The Kier molecular flexibility index (Phi) is 4.70. The van der Waals surface area contributed by atoms with Gasteiger partial charge in [0.15, 0.2) is 0 Å². The lowest BCUT2D eigenvalue weighted by Crippen LogP contribution is -2.12. The van der Waals surface area contributed by atoms with E-state index in [-0.39, 0.29) is 18.3 Å². The molecule has 0 unspecified atom stereocenters. The molecule has 1 amide bonds. The van der Waals surface area contributed by atoms with Crippen molar-refractivity contribution in [1.29, 1.82) is 0 Å². The van der Waals surface area contributed by atoms with Gasteiger partial charge in [-0.25, -0.2) is 4.39 Å². The molecule has 0 heterocycles. The van der Waals surface area contributed by atoms with Gasteiger partial charge in [0.25, 0.3) is 5.91 Å². The van der Waals surface area contributed by atoms with E-state index in [0.717, 1.165) is 0 Å². The van der Waals surface area contributed by atoms with Crippen LogP contribution in [0.3, 0.4) is 0 Å². The molecule has 2 aromatic rings. The monoisotopic (exact) mass is 286 g/mol. The molecule has 0 bridgehead atoms. The van der Waals surface area contributed by atoms with Crippen molar-refractivity contribution in [2.24, 2.45) is 5.73 Å². The van der Waals surface area contributed by atoms with Crippen LogP contribution in [0.5, 0.6) is 0 Å². The predicted octanol–water partition coefficient (Wildman–Crippen LogP) is 3.66. The molecule has 0 aliphatic heterocycles. The number of anilines is 1. The average Bonchev–Trinajstić information content (AvgIpc) is 2.49. The Balaban J connectivity index is 2.14. The van der Waals surface area contributed by atoms with Crippen molar-refractivity contribution in [3.63, 3.8) is 0 Å². The maximum Gasteiger partial charge on any atom is 0.255 e. The number of nitrogens with one attached hydrogen (secondary N) is 1. The quantitative estimate of drug-likeness (QED) is 0.901. The third-order valence-electron chi connectivity index (χ3n) is 3.36. The summed E-state index contributed by atoms with van der Waals surface area (Å²) in [6.07, 6.45) is 0. The van der Waals surface area contributed by atoms with Gasteiger partial charge in [-0.15, -0.1) is 0 Å². The summed E-state index contributed by atoms with van der Waals surface area (Å²) >= 11 is 0. The third-order valence-corrected chi connectivity index (χ3v) is 3.36. The fourth-order valence-corrected chi connectivity index (χ4v) is 2.03. The normalized spacial score (nSPS) is 10.7. The largest absolute Gasteiger partial charge is 0.326 e. The molecule has 0 fully saturated rings. The van der Waals surface area contributed by atoms with Crippen LogP contribution in [-0.2, 0) is 6.54 Å². The van der Waals surface area contributed by atoms with Gasteiger partial charge in [-0.1, -0.05) is 26.0 Å². The first-order valence-electron chi connectivity index (χ1n) is 6.91. The highest BCUT2D eigenvalue weighted by atomic mass is 19.1. The van der Waals surface area contributed by atoms with Crippen molar-refractivity contribution < 1.29 is 9.18 Å². The first-order valence-corrected chi connectivity index (χ1v) is 6.91. The number of rotatable bonds is 4. The molecule has 21 heavy (non-hydrogen) atoms. The number of carbonyl (C=O) groups excluding carboxylic acids is 1. The van der Waals surface area contributed by atoms with Crippen LogP contribution in [0.2, 0.25) is 0 Å². The van der Waals surface area contributed by atoms with E-state index in [9.17, 15) is 9.18 Å². The Morgan fingerprint density at radius 1 is 1.19 bits per heavy atom. The van der Waals surface area contributed by atoms with E-state index in [0.29, 0.717) is 22.7 Å². The molecule has 0 saturated heterocycles. The standard InChI is InChI=1S/C17H19FN2O/c1-11(2)12-3-5-13(6-4-12)17(21)20-15-7-8-16(18)14(9-15)10-19/h3-9,11H,10,19H2,1-2H3,(H,20,21). The fraction of sp³-hybridized carbons (Fsp3) is 0.235. The van der Waals surface area contributed by atoms with Gasteiger partial charge in [-0.3, -0.25) is 4.79 Å². The van der Waals surface area contributed by atoms with Crippen LogP contribution in [0.4, 0.5) is 10.1 Å². The van der Waals surface area contributed by atoms with Gasteiger partial charge in [-0.2, -0.15) is 0 Å². The lowest BCUT2D eigenvalue weighted by molar-refractivity contribution is 0.102. The fourth-order valence-electron chi connectivity index (χ4n) is 2.03. The van der Waals surface area contributed by atoms with E-state index in [2.05, 4.69) is 19.2 Å². The summed E-state index contributed by atoms with van der Waals surface area (Å²) in [6.45, 7) is 4.29. The van der Waals surface area contributed by atoms with E-state index in [4.69, 9.17) is 5.73 Å². The van der Waals surface area contributed by atoms with Crippen molar-refractivity contribution >= 4 is 11.6 Å². The summed E-state index contributed by atoms with van der Waals surface area (Å²) in [6, 6.07) is 11.8. The molecule has 0 aromatic heterocycles. The van der Waals surface area contributed by atoms with Gasteiger partial charge in [0, 0.05) is 23.4 Å². The molecule has 0 aliphatic rings. The smallest absolute Gasteiger partial charge is 0.255 e. The second kappa shape index (κ2) is 6.50. The van der Waals surface area contributed by atoms with Crippen molar-refractivity contribution in [2.45, 2.75) is 26.3 Å². The van der Waals surface area contributed by atoms with E-state index in [1.54, 1.807) is 18.2 Å². The summed E-state index contributed by atoms with van der Waals surface area (Å²) in [7, 11) is 0. The van der Waals surface area contributed by atoms with Gasteiger partial charge >= 0.3 is 0 Å². The lowest BCUT2D eigenvalue weighted by atomic mass is 10.0. The molecule has 110 valence electrons. The Hall–Kier alpha value is -2.20. The molecule has 0 radical (unpaired) electrons. The Bertz CT molecular complexity index is 636. The molecule has 0 saturated carbocycles. The minimum atomic E-state index is -0.364. The first kappa shape index (κ1) is 15.2. The number of carbonyl (C=O) groups is 1. The van der Waals surface area contributed by atoms with Crippen LogP contribution in [0, 0.1) is 5.82 Å². The highest BCUT2D eigenvalue weighted by molar-refractivity contribution is 6.04. The molecule has 0 aliphatic carbocycles. The van der Waals surface area contributed by atoms with Gasteiger partial charge in [0.1, 0.15) is 5.82 Å². The number of halogens is 1. The minimum absolute atomic E-state index is 0.0959. The Labute approximate surface area is 124 Å². The van der Waals surface area contributed by atoms with Crippen LogP contribution >= 0.6 is 0 Å². The van der Waals surface area contributed by atoms with E-state index in [1.807, 2.05) is 12.1 Å². The number of amides is 1. The molecule has 3 N–H and O–H groups in total. The number of hydrogen-bond donors (Lipinski definition) is 2. The SMILES string of the molecule is CC(C)c1ccc(C(=O)Nc2ccc(F)c(CN)c2)cc1. The highest BCUT2D eigenvalue weighted by Crippen LogP contribution is 2.17. The summed E-state index contributed by atoms with van der Waals surface area (Å²) in [5, 5.41) is 2.75. The van der Waals surface area contributed by atoms with E-state index in [1.165, 1.54) is 17.7 Å². The summed E-state index contributed by atoms with van der Waals surface area (Å²) in [5.74, 6) is -0.164. The van der Waals surface area contributed by atoms with Crippen LogP contribution in [0.1, 0.15) is 41.3 Å². The zero-order chi connectivity index (χ0) is 15.4. The van der Waals surface area contributed by atoms with Crippen LogP contribution < -0.4 is 11.1 Å². The van der Waals surface area contributed by atoms with Gasteiger partial charge < -0.3 is 11.1 Å². The van der Waals surface area contributed by atoms with Crippen molar-refractivity contribution in [2.75, 3.05) is 5.32 Å². The van der Waals surface area contributed by atoms with Crippen molar-refractivity contribution in [3.05, 3.63) is 65.0 Å². The minimum Gasteiger partial charge on any atom is -0.326 e. The molecule has 2 aromatic carbocycles. The number of hydrogen-bond acceptors (Lipinski definition) is 2. The van der Waals surface area contributed by atoms with E-state index < -0.39 is 0 Å². The van der Waals surface area contributed by atoms with E-state index >= 15 is 0 Å². The Morgan fingerprint density at radius 3 is 2.43 bits per heavy atom. The molecule has 4 heteroatoms. The van der Waals surface area contributed by atoms with Crippen LogP contribution in [0.15, 0.2) is 42.5 Å².